The first kappa shape index (κ1) is 20.9. The number of hydrogen-bond acceptors (Lipinski definition) is 4. The molecule has 0 aliphatic heterocycles. The first-order valence-corrected chi connectivity index (χ1v) is 10.3. The van der Waals surface area contributed by atoms with Crippen molar-refractivity contribution >= 4 is 35.0 Å². The van der Waals surface area contributed by atoms with Gasteiger partial charge in [0.25, 0.3) is 0 Å². The molecule has 1 atom stereocenters. The molecule has 29 heavy (non-hydrogen) atoms. The first-order chi connectivity index (χ1) is 13.9. The molecule has 1 unspecified atom stereocenters. The smallest absolute Gasteiger partial charge is 0.242 e. The van der Waals surface area contributed by atoms with E-state index in [2.05, 4.69) is 16.4 Å². The van der Waals surface area contributed by atoms with Gasteiger partial charge in [0.2, 0.25) is 5.91 Å². The van der Waals surface area contributed by atoms with Gasteiger partial charge in [-0.05, 0) is 49.6 Å². The van der Waals surface area contributed by atoms with Crippen molar-refractivity contribution in [3.05, 3.63) is 87.6 Å². The molecular weight excluding hydrogens is 402 g/mol. The number of carbonyl (C=O) groups is 1. The van der Waals surface area contributed by atoms with Crippen LogP contribution in [-0.2, 0) is 4.79 Å². The number of thioether (sulfide) groups is 1. The second kappa shape index (κ2) is 9.13. The predicted molar refractivity (Wildman–Crippen MR) is 118 cm³/mol. The Morgan fingerprint density at radius 1 is 1.10 bits per heavy atom. The lowest BCUT2D eigenvalue weighted by Crippen LogP contribution is -2.20. The Bertz CT molecular complexity index is 1070. The molecule has 0 bridgehead atoms. The van der Waals surface area contributed by atoms with Crippen molar-refractivity contribution in [3.63, 3.8) is 0 Å². The molecule has 1 amide bonds. The lowest BCUT2D eigenvalue weighted by molar-refractivity contribution is -0.115. The zero-order chi connectivity index (χ0) is 21.0. The summed E-state index contributed by atoms with van der Waals surface area (Å²) in [5.74, 6) is -0.220. The molecule has 4 nitrogen and oxygen atoms in total. The van der Waals surface area contributed by atoms with Crippen LogP contribution in [0.2, 0.25) is 5.02 Å². The van der Waals surface area contributed by atoms with E-state index in [-0.39, 0.29) is 5.91 Å². The molecular formula is C23H20ClN3OS. The number of para-hydroxylation sites is 1. The predicted octanol–water partition coefficient (Wildman–Crippen LogP) is 6.00. The third kappa shape index (κ3) is 4.79. The number of carbonyl (C=O) groups excluding carboxylic acids is 1. The Kier molecular flexibility index (Phi) is 6.58. The highest BCUT2D eigenvalue weighted by atomic mass is 35.5. The van der Waals surface area contributed by atoms with Crippen molar-refractivity contribution in [2.45, 2.75) is 31.0 Å². The third-order valence-corrected chi connectivity index (χ3v) is 6.02. The number of aromatic nitrogens is 1. The van der Waals surface area contributed by atoms with Crippen molar-refractivity contribution in [3.8, 4) is 6.07 Å². The zero-order valence-electron chi connectivity index (χ0n) is 16.4. The molecule has 6 heteroatoms. The maximum atomic E-state index is 13.3. The van der Waals surface area contributed by atoms with Gasteiger partial charge in [-0.3, -0.25) is 4.79 Å². The number of benzene rings is 2. The highest BCUT2D eigenvalue weighted by molar-refractivity contribution is 8.00. The van der Waals surface area contributed by atoms with Crippen LogP contribution in [0.25, 0.3) is 0 Å². The molecule has 0 spiro atoms. The summed E-state index contributed by atoms with van der Waals surface area (Å²) in [4.78, 5) is 17.8. The van der Waals surface area contributed by atoms with Gasteiger partial charge in [0.15, 0.2) is 0 Å². The number of pyridine rings is 1. The molecule has 0 saturated heterocycles. The van der Waals surface area contributed by atoms with Crippen molar-refractivity contribution in [1.82, 2.24) is 4.98 Å². The number of nitrogens with one attached hydrogen (secondary N) is 1. The molecule has 1 aromatic heterocycles. The third-order valence-electron chi connectivity index (χ3n) is 4.46. The number of nitrogens with zero attached hydrogens (tertiary/aromatic N) is 2. The molecule has 3 rings (SSSR count). The average molecular weight is 422 g/mol. The van der Waals surface area contributed by atoms with E-state index < -0.39 is 5.25 Å². The van der Waals surface area contributed by atoms with Crippen LogP contribution in [0.1, 0.15) is 33.2 Å². The second-order valence-corrected chi connectivity index (χ2v) is 8.20. The van der Waals surface area contributed by atoms with Crippen LogP contribution < -0.4 is 5.32 Å². The normalized spacial score (nSPS) is 11.6. The minimum atomic E-state index is -0.590. The van der Waals surface area contributed by atoms with Crippen LogP contribution in [0.3, 0.4) is 0 Å². The van der Waals surface area contributed by atoms with E-state index in [1.54, 1.807) is 6.07 Å². The minimum Gasteiger partial charge on any atom is -0.323 e. The van der Waals surface area contributed by atoms with Crippen LogP contribution in [0.4, 0.5) is 5.69 Å². The van der Waals surface area contributed by atoms with Crippen LogP contribution in [0.15, 0.2) is 59.6 Å². The highest BCUT2D eigenvalue weighted by Gasteiger charge is 2.25. The number of hydrogen-bond donors (Lipinski definition) is 1. The Morgan fingerprint density at radius 2 is 1.83 bits per heavy atom. The fourth-order valence-electron chi connectivity index (χ4n) is 3.02. The van der Waals surface area contributed by atoms with Gasteiger partial charge in [-0.15, -0.1) is 0 Å². The summed E-state index contributed by atoms with van der Waals surface area (Å²) in [6, 6.07) is 19.0. The number of halogens is 1. The summed E-state index contributed by atoms with van der Waals surface area (Å²) in [5, 5.41) is 13.0. The number of anilines is 1. The van der Waals surface area contributed by atoms with Gasteiger partial charge in [-0.2, -0.15) is 5.26 Å². The van der Waals surface area contributed by atoms with Crippen LogP contribution >= 0.6 is 23.4 Å². The molecule has 1 N–H and O–H groups in total. The van der Waals surface area contributed by atoms with Crippen molar-refractivity contribution in [1.29, 1.82) is 5.26 Å². The van der Waals surface area contributed by atoms with E-state index in [9.17, 15) is 10.1 Å². The van der Waals surface area contributed by atoms with Gasteiger partial charge in [0, 0.05) is 5.69 Å². The average Bonchev–Trinajstić information content (AvgIpc) is 2.69. The number of aryl methyl sites for hydroxylation is 3. The van der Waals surface area contributed by atoms with Crippen molar-refractivity contribution in [2.24, 2.45) is 0 Å². The lowest BCUT2D eigenvalue weighted by Gasteiger charge is -2.19. The monoisotopic (exact) mass is 421 g/mol. The maximum absolute atomic E-state index is 13.3. The van der Waals surface area contributed by atoms with Crippen LogP contribution in [0, 0.1) is 32.1 Å². The van der Waals surface area contributed by atoms with Gasteiger partial charge >= 0.3 is 0 Å². The van der Waals surface area contributed by atoms with Gasteiger partial charge in [-0.1, -0.05) is 65.8 Å². The van der Waals surface area contributed by atoms with Crippen LogP contribution in [-0.4, -0.2) is 10.9 Å². The summed E-state index contributed by atoms with van der Waals surface area (Å²) < 4.78 is 0. The van der Waals surface area contributed by atoms with E-state index in [1.807, 2.05) is 69.3 Å². The summed E-state index contributed by atoms with van der Waals surface area (Å²) in [6.07, 6.45) is 0. The number of nitriles is 1. The van der Waals surface area contributed by atoms with Crippen molar-refractivity contribution in [2.75, 3.05) is 5.32 Å². The zero-order valence-corrected chi connectivity index (χ0v) is 17.9. The van der Waals surface area contributed by atoms with Crippen molar-refractivity contribution < 1.29 is 4.79 Å². The standard InChI is InChI=1S/C23H20ClN3OS/c1-14-8-7-11-19(24)20(14)27-22(28)21(17-9-5-4-6-10-17)29-23-18(13-25)15(2)12-16(3)26-23/h4-12,21H,1-3H3,(H,27,28). The Morgan fingerprint density at radius 3 is 2.48 bits per heavy atom. The molecule has 3 aromatic rings. The second-order valence-electron chi connectivity index (χ2n) is 6.70. The van der Waals surface area contributed by atoms with E-state index in [0.717, 1.165) is 22.4 Å². The van der Waals surface area contributed by atoms with Gasteiger partial charge in [0.1, 0.15) is 16.3 Å². The Hall–Kier alpha value is -2.81. The fraction of sp³-hybridized carbons (Fsp3) is 0.174. The van der Waals surface area contributed by atoms with Crippen LogP contribution in [0.5, 0.6) is 0 Å². The van der Waals surface area contributed by atoms with Gasteiger partial charge in [-0.25, -0.2) is 4.98 Å². The molecule has 0 fully saturated rings. The largest absolute Gasteiger partial charge is 0.323 e. The van der Waals surface area contributed by atoms with E-state index in [4.69, 9.17) is 11.6 Å². The Labute approximate surface area is 179 Å². The maximum Gasteiger partial charge on any atom is 0.242 e. The number of rotatable bonds is 5. The summed E-state index contributed by atoms with van der Waals surface area (Å²) in [7, 11) is 0. The van der Waals surface area contributed by atoms with E-state index in [1.165, 1.54) is 11.8 Å². The molecule has 146 valence electrons. The summed E-state index contributed by atoms with van der Waals surface area (Å²) in [5.41, 5.74) is 4.43. The lowest BCUT2D eigenvalue weighted by atomic mass is 10.1. The molecule has 0 radical (unpaired) electrons. The molecule has 0 aliphatic carbocycles. The summed E-state index contributed by atoms with van der Waals surface area (Å²) in [6.45, 7) is 5.65. The minimum absolute atomic E-state index is 0.220. The molecule has 0 aliphatic rings. The molecule has 2 aromatic carbocycles. The topological polar surface area (TPSA) is 65.8 Å². The SMILES string of the molecule is Cc1cc(C)c(C#N)c(SC(C(=O)Nc2c(C)cccc2Cl)c2ccccc2)n1. The first-order valence-electron chi connectivity index (χ1n) is 9.06. The summed E-state index contributed by atoms with van der Waals surface area (Å²) >= 11 is 7.57. The number of amides is 1. The Balaban J connectivity index is 2.01. The van der Waals surface area contributed by atoms with E-state index >= 15 is 0 Å². The van der Waals surface area contributed by atoms with Gasteiger partial charge < -0.3 is 5.32 Å². The molecule has 0 saturated carbocycles. The quantitative estimate of drug-likeness (QED) is 0.512. The highest BCUT2D eigenvalue weighted by Crippen LogP contribution is 2.38. The van der Waals surface area contributed by atoms with E-state index in [0.29, 0.717) is 21.3 Å². The molecule has 1 heterocycles. The van der Waals surface area contributed by atoms with Gasteiger partial charge in [0.05, 0.1) is 16.3 Å². The fourth-order valence-corrected chi connectivity index (χ4v) is 4.49.